The molecule has 2 aliphatic rings. The third kappa shape index (κ3) is 5.13. The second-order valence-corrected chi connectivity index (χ2v) is 9.76. The number of nitrogens with zero attached hydrogens (tertiary/aromatic N) is 3. The normalized spacial score (nSPS) is 20.4. The van der Waals surface area contributed by atoms with Crippen LogP contribution in [0.1, 0.15) is 38.5 Å². The highest BCUT2D eigenvalue weighted by molar-refractivity contribution is 7.89. The van der Waals surface area contributed by atoms with Crippen LogP contribution >= 0.6 is 0 Å². The van der Waals surface area contributed by atoms with Crippen LogP contribution in [-0.2, 0) is 14.8 Å². The summed E-state index contributed by atoms with van der Waals surface area (Å²) in [7, 11) is -2.43. The number of hydrogen-bond donors (Lipinski definition) is 0. The first-order valence-corrected chi connectivity index (χ1v) is 11.7. The Balaban J connectivity index is 1.62. The number of sulfonamides is 1. The molecule has 0 unspecified atom stereocenters. The van der Waals surface area contributed by atoms with Crippen LogP contribution in [0.4, 0.5) is 8.78 Å². The van der Waals surface area contributed by atoms with Gasteiger partial charge in [0.15, 0.2) is 4.90 Å². The molecule has 0 bridgehead atoms. The first kappa shape index (κ1) is 22.1. The first-order valence-electron chi connectivity index (χ1n) is 10.2. The van der Waals surface area contributed by atoms with Gasteiger partial charge in [0.1, 0.15) is 11.6 Å². The Kier molecular flexibility index (Phi) is 7.23. The topological polar surface area (TPSA) is 60.9 Å². The van der Waals surface area contributed by atoms with E-state index in [0.717, 1.165) is 48.2 Å². The van der Waals surface area contributed by atoms with E-state index in [4.69, 9.17) is 0 Å². The molecule has 1 aliphatic heterocycles. The van der Waals surface area contributed by atoms with E-state index in [1.54, 1.807) is 0 Å². The predicted molar refractivity (Wildman–Crippen MR) is 106 cm³/mol. The van der Waals surface area contributed by atoms with Gasteiger partial charge in [0.05, 0.1) is 6.54 Å². The quantitative estimate of drug-likeness (QED) is 0.722. The zero-order chi connectivity index (χ0) is 21.0. The maximum Gasteiger partial charge on any atom is 0.248 e. The summed E-state index contributed by atoms with van der Waals surface area (Å²) in [6, 6.07) is 3.31. The van der Waals surface area contributed by atoms with E-state index < -0.39 is 26.6 Å². The van der Waals surface area contributed by atoms with E-state index in [9.17, 15) is 22.0 Å². The molecule has 9 heteroatoms. The number of likely N-dealkylation sites (N-methyl/N-ethyl adjacent to an activating group) is 1. The number of hydrogen-bond acceptors (Lipinski definition) is 4. The summed E-state index contributed by atoms with van der Waals surface area (Å²) in [5.41, 5.74) is 0. The molecule has 1 heterocycles. The van der Waals surface area contributed by atoms with E-state index in [1.165, 1.54) is 6.42 Å². The monoisotopic (exact) mass is 429 g/mol. The second-order valence-electron chi connectivity index (χ2n) is 7.88. The molecule has 1 saturated carbocycles. The maximum absolute atomic E-state index is 14.0. The van der Waals surface area contributed by atoms with Gasteiger partial charge in [0, 0.05) is 32.7 Å². The molecular formula is C20H29F2N3O3S. The third-order valence-electron chi connectivity index (χ3n) is 5.94. The number of carbonyl (C=O) groups excluding carboxylic acids is 1. The van der Waals surface area contributed by atoms with Crippen LogP contribution in [-0.4, -0.2) is 74.2 Å². The van der Waals surface area contributed by atoms with Crippen LogP contribution in [0.25, 0.3) is 0 Å². The molecule has 0 spiro atoms. The van der Waals surface area contributed by atoms with Crippen molar-refractivity contribution in [2.24, 2.45) is 0 Å². The highest BCUT2D eigenvalue weighted by Crippen LogP contribution is 2.24. The van der Waals surface area contributed by atoms with Crippen molar-refractivity contribution in [2.75, 3.05) is 39.8 Å². The molecule has 1 aromatic carbocycles. The Morgan fingerprint density at radius 1 is 1.03 bits per heavy atom. The molecule has 1 saturated heterocycles. The summed E-state index contributed by atoms with van der Waals surface area (Å²) < 4.78 is 54.7. The SMILES string of the molecule is CN(C(=O)CN1CCCN(S(=O)(=O)c2c(F)cccc2F)CC1)C1CCCCC1. The Morgan fingerprint density at radius 3 is 2.34 bits per heavy atom. The van der Waals surface area contributed by atoms with Gasteiger partial charge in [0.25, 0.3) is 0 Å². The molecule has 6 nitrogen and oxygen atoms in total. The van der Waals surface area contributed by atoms with Crippen molar-refractivity contribution in [1.29, 1.82) is 0 Å². The number of carbonyl (C=O) groups is 1. The van der Waals surface area contributed by atoms with Crippen LogP contribution in [0.2, 0.25) is 0 Å². The Labute approximate surface area is 171 Å². The van der Waals surface area contributed by atoms with Gasteiger partial charge in [-0.25, -0.2) is 17.2 Å². The summed E-state index contributed by atoms with van der Waals surface area (Å²) in [6.45, 7) is 1.40. The lowest BCUT2D eigenvalue weighted by atomic mass is 9.94. The molecule has 0 radical (unpaired) electrons. The Morgan fingerprint density at radius 2 is 1.69 bits per heavy atom. The average molecular weight is 430 g/mol. The molecule has 1 amide bonds. The first-order chi connectivity index (χ1) is 13.8. The number of halogens is 2. The number of benzene rings is 1. The van der Waals surface area contributed by atoms with Gasteiger partial charge in [-0.3, -0.25) is 9.69 Å². The highest BCUT2D eigenvalue weighted by Gasteiger charge is 2.32. The smallest absolute Gasteiger partial charge is 0.248 e. The molecule has 0 N–H and O–H groups in total. The summed E-state index contributed by atoms with van der Waals surface area (Å²) >= 11 is 0. The van der Waals surface area contributed by atoms with E-state index in [1.807, 2.05) is 16.8 Å². The molecule has 2 fully saturated rings. The highest BCUT2D eigenvalue weighted by atomic mass is 32.2. The fraction of sp³-hybridized carbons (Fsp3) is 0.650. The van der Waals surface area contributed by atoms with Crippen molar-refractivity contribution in [3.05, 3.63) is 29.8 Å². The summed E-state index contributed by atoms with van der Waals surface area (Å²) in [5.74, 6) is -2.14. The lowest BCUT2D eigenvalue weighted by molar-refractivity contribution is -0.133. The molecule has 1 aliphatic carbocycles. The minimum Gasteiger partial charge on any atom is -0.342 e. The van der Waals surface area contributed by atoms with Gasteiger partial charge < -0.3 is 4.90 Å². The average Bonchev–Trinajstić information content (AvgIpc) is 2.94. The van der Waals surface area contributed by atoms with E-state index >= 15 is 0 Å². The van der Waals surface area contributed by atoms with Gasteiger partial charge >= 0.3 is 0 Å². The Bertz CT molecular complexity index is 808. The van der Waals surface area contributed by atoms with Gasteiger partial charge in [-0.1, -0.05) is 25.3 Å². The van der Waals surface area contributed by atoms with Crippen molar-refractivity contribution in [1.82, 2.24) is 14.1 Å². The molecule has 0 aromatic heterocycles. The van der Waals surface area contributed by atoms with Gasteiger partial charge in [0.2, 0.25) is 15.9 Å². The lowest BCUT2D eigenvalue weighted by Gasteiger charge is -2.32. The molecular weight excluding hydrogens is 400 g/mol. The van der Waals surface area contributed by atoms with Gasteiger partial charge in [-0.05, 0) is 37.9 Å². The molecule has 3 rings (SSSR count). The molecule has 1 aromatic rings. The summed E-state index contributed by atoms with van der Waals surface area (Å²) in [6.07, 6.45) is 6.06. The number of amides is 1. The Hall–Kier alpha value is -1.58. The maximum atomic E-state index is 14.0. The molecule has 29 heavy (non-hydrogen) atoms. The molecule has 162 valence electrons. The van der Waals surface area contributed by atoms with Crippen molar-refractivity contribution < 1.29 is 22.0 Å². The van der Waals surface area contributed by atoms with Crippen molar-refractivity contribution in [3.8, 4) is 0 Å². The zero-order valence-corrected chi connectivity index (χ0v) is 17.6. The van der Waals surface area contributed by atoms with Crippen LogP contribution in [0, 0.1) is 11.6 Å². The second kappa shape index (κ2) is 9.49. The van der Waals surface area contributed by atoms with Crippen LogP contribution < -0.4 is 0 Å². The lowest BCUT2D eigenvalue weighted by Crippen LogP contribution is -2.45. The minimum atomic E-state index is -4.27. The minimum absolute atomic E-state index is 0.0355. The largest absolute Gasteiger partial charge is 0.342 e. The van der Waals surface area contributed by atoms with Crippen molar-refractivity contribution in [2.45, 2.75) is 49.5 Å². The zero-order valence-electron chi connectivity index (χ0n) is 16.8. The van der Waals surface area contributed by atoms with Crippen LogP contribution in [0.15, 0.2) is 23.1 Å². The summed E-state index contributed by atoms with van der Waals surface area (Å²) in [4.78, 5) is 15.5. The fourth-order valence-electron chi connectivity index (χ4n) is 4.18. The van der Waals surface area contributed by atoms with Crippen molar-refractivity contribution >= 4 is 15.9 Å². The number of rotatable bonds is 5. The van der Waals surface area contributed by atoms with Crippen molar-refractivity contribution in [3.63, 3.8) is 0 Å². The van der Waals surface area contributed by atoms with Gasteiger partial charge in [-0.15, -0.1) is 0 Å². The molecule has 0 atom stereocenters. The third-order valence-corrected chi connectivity index (χ3v) is 7.89. The van der Waals surface area contributed by atoms with E-state index in [2.05, 4.69) is 0 Å². The van der Waals surface area contributed by atoms with Crippen LogP contribution in [0.3, 0.4) is 0 Å². The van der Waals surface area contributed by atoms with E-state index in [-0.39, 0.29) is 31.6 Å². The van der Waals surface area contributed by atoms with E-state index in [0.29, 0.717) is 19.5 Å². The summed E-state index contributed by atoms with van der Waals surface area (Å²) in [5, 5.41) is 0. The fourth-order valence-corrected chi connectivity index (χ4v) is 5.76. The van der Waals surface area contributed by atoms with Gasteiger partial charge in [-0.2, -0.15) is 4.31 Å². The standard InChI is InChI=1S/C20H29F2N3O3S/c1-23(16-7-3-2-4-8-16)19(26)15-24-11-6-12-25(14-13-24)29(27,28)20-17(21)9-5-10-18(20)22/h5,9-10,16H,2-4,6-8,11-15H2,1H3. The predicted octanol–water partition coefficient (Wildman–Crippen LogP) is 2.45. The van der Waals surface area contributed by atoms with Crippen LogP contribution in [0.5, 0.6) is 0 Å².